The number of allylic oxidation sites excluding steroid dienone is 4. The zero-order chi connectivity index (χ0) is 23.4. The first kappa shape index (κ1) is 25.9. The van der Waals surface area contributed by atoms with Gasteiger partial charge in [0.15, 0.2) is 0 Å². The molecule has 1 heterocycles. The van der Waals surface area contributed by atoms with Crippen molar-refractivity contribution in [2.75, 3.05) is 0 Å². The van der Waals surface area contributed by atoms with E-state index in [1.807, 2.05) is 35.5 Å². The summed E-state index contributed by atoms with van der Waals surface area (Å²) in [5.74, 6) is 0. The standard InChI is InChI=1S/C19H25Si2.C5H5.C4H8Si.Zr/c1-20(2,3)16-7-9-18-14(12-16)11-15-13-17(21(4,5)6)8-10-19(15)18;2*1-2-4-5-3-1;/h7-13H,1-6H3;1-3H,4H2;1-4H2;/q2*-1;;+2. The summed E-state index contributed by atoms with van der Waals surface area (Å²) in [7, 11) is -2.47. The van der Waals surface area contributed by atoms with Crippen LogP contribution in [0.1, 0.15) is 19.3 Å². The van der Waals surface area contributed by atoms with Crippen LogP contribution < -0.4 is 10.4 Å². The van der Waals surface area contributed by atoms with Gasteiger partial charge in [0.25, 0.3) is 0 Å². The van der Waals surface area contributed by atoms with Crippen molar-refractivity contribution in [1.29, 1.82) is 0 Å². The average Bonchev–Trinajstić information content (AvgIpc) is 3.48. The summed E-state index contributed by atoms with van der Waals surface area (Å²) in [5.41, 5.74) is 0.333. The Morgan fingerprint density at radius 2 is 1.31 bits per heavy atom. The minimum absolute atomic E-state index is 0.333. The summed E-state index contributed by atoms with van der Waals surface area (Å²) in [6, 6.07) is 19.9. The van der Waals surface area contributed by atoms with E-state index in [1.165, 1.54) is 21.5 Å². The molecule has 1 aliphatic carbocycles. The van der Waals surface area contributed by atoms with Gasteiger partial charge in [0.2, 0.25) is 0 Å². The van der Waals surface area contributed by atoms with E-state index in [-0.39, 0.29) is 0 Å². The van der Waals surface area contributed by atoms with E-state index in [0.29, 0.717) is 5.43 Å². The molecule has 0 unspecified atom stereocenters. The van der Waals surface area contributed by atoms with Crippen molar-refractivity contribution in [1.82, 2.24) is 0 Å². The van der Waals surface area contributed by atoms with E-state index >= 15 is 0 Å². The van der Waals surface area contributed by atoms with Crippen LogP contribution in [0.5, 0.6) is 0 Å². The first-order chi connectivity index (χ1) is 15.1. The molecule has 0 radical (unpaired) electrons. The molecule has 0 bridgehead atoms. The number of hydrogen-bond donors (Lipinski definition) is 0. The van der Waals surface area contributed by atoms with Gasteiger partial charge in [0.1, 0.15) is 0 Å². The quantitative estimate of drug-likeness (QED) is 0.230. The van der Waals surface area contributed by atoms with Crippen LogP contribution >= 0.6 is 0 Å². The summed E-state index contributed by atoms with van der Waals surface area (Å²) in [5, 5.41) is 8.75. The Morgan fingerprint density at radius 3 is 1.59 bits per heavy atom. The molecule has 3 aromatic rings. The van der Waals surface area contributed by atoms with Crippen molar-refractivity contribution in [3.05, 3.63) is 66.8 Å². The predicted octanol–water partition coefficient (Wildman–Crippen LogP) is 7.43. The Bertz CT molecular complexity index is 1050. The monoisotopic (exact) mass is 548 g/mol. The zero-order valence-corrected chi connectivity index (χ0v) is 26.3. The second kappa shape index (κ2) is 11.2. The second-order valence-corrected chi connectivity index (χ2v) is 28.6. The van der Waals surface area contributed by atoms with Gasteiger partial charge in [-0.15, -0.1) is 46.2 Å². The van der Waals surface area contributed by atoms with Gasteiger partial charge in [0.05, 0.1) is 16.1 Å². The van der Waals surface area contributed by atoms with Gasteiger partial charge in [-0.05, 0) is 0 Å². The molecule has 1 aliphatic heterocycles. The molecule has 166 valence electrons. The van der Waals surface area contributed by atoms with Gasteiger partial charge in [-0.1, -0.05) is 73.9 Å². The van der Waals surface area contributed by atoms with Crippen molar-refractivity contribution in [3.63, 3.8) is 0 Å². The molecule has 3 aromatic carbocycles. The Labute approximate surface area is 213 Å². The summed E-state index contributed by atoms with van der Waals surface area (Å²) in [4.78, 5) is 0. The number of rotatable bonds is 2. The van der Waals surface area contributed by atoms with Crippen LogP contribution in [-0.2, 0) is 23.3 Å². The van der Waals surface area contributed by atoms with E-state index in [0.717, 1.165) is 6.42 Å². The average molecular weight is 550 g/mol. The fourth-order valence-corrected chi connectivity index (χ4v) is 10.7. The van der Waals surface area contributed by atoms with Gasteiger partial charge >= 0.3 is 53.7 Å². The summed E-state index contributed by atoms with van der Waals surface area (Å²) in [6.07, 6.45) is 13.1. The molecular formula is C28H38Si3Zr. The first-order valence-corrected chi connectivity index (χ1v) is 24.6. The fraction of sp³-hybridized carbons (Fsp3) is 0.393. The Balaban J connectivity index is 0.000000213. The Kier molecular flexibility index (Phi) is 9.05. The third kappa shape index (κ3) is 7.16. The van der Waals surface area contributed by atoms with E-state index in [9.17, 15) is 0 Å². The molecule has 1 fully saturated rings. The third-order valence-corrected chi connectivity index (χ3v) is 15.9. The Hall–Kier alpha value is -0.676. The SMILES string of the molecule is C[Si](C)(C)c1ccc2c(c1)[cH-]c1cc([Si](C)(C)C)ccc12.[C-]1=CC=CC1.[Zr+2]=[Si]1CCCC1. The van der Waals surface area contributed by atoms with Gasteiger partial charge in [-0.25, -0.2) is 12.2 Å². The molecule has 5 rings (SSSR count). The van der Waals surface area contributed by atoms with Crippen LogP contribution in [0.15, 0.2) is 60.7 Å². The van der Waals surface area contributed by atoms with E-state index < -0.39 is 16.1 Å². The second-order valence-electron chi connectivity index (χ2n) is 11.1. The van der Waals surface area contributed by atoms with Crippen molar-refractivity contribution >= 4 is 53.5 Å². The maximum absolute atomic E-state index is 2.99. The van der Waals surface area contributed by atoms with Gasteiger partial charge < -0.3 is 0 Å². The summed E-state index contributed by atoms with van der Waals surface area (Å²) >= 11 is 1.87. The van der Waals surface area contributed by atoms with Crippen LogP contribution in [0, 0.1) is 6.08 Å². The maximum atomic E-state index is 2.99. The fourth-order valence-electron chi connectivity index (χ4n) is 4.10. The van der Waals surface area contributed by atoms with Crippen LogP contribution in [0.3, 0.4) is 0 Å². The molecule has 0 spiro atoms. The number of benzene rings is 2. The molecule has 4 heteroatoms. The van der Waals surface area contributed by atoms with Crippen LogP contribution in [0.4, 0.5) is 0 Å². The number of hydrogen-bond acceptors (Lipinski definition) is 0. The minimum atomic E-state index is -1.23. The topological polar surface area (TPSA) is 0 Å². The van der Waals surface area contributed by atoms with Crippen LogP contribution in [-0.4, -0.2) is 21.6 Å². The van der Waals surface area contributed by atoms with Crippen LogP contribution in [0.25, 0.3) is 21.5 Å². The van der Waals surface area contributed by atoms with Crippen LogP contribution in [0.2, 0.25) is 51.4 Å². The Morgan fingerprint density at radius 1 is 0.812 bits per heavy atom. The zero-order valence-electron chi connectivity index (χ0n) is 20.8. The van der Waals surface area contributed by atoms with Gasteiger partial charge in [-0.2, -0.15) is 6.08 Å². The van der Waals surface area contributed by atoms with Crippen molar-refractivity contribution in [2.24, 2.45) is 0 Å². The van der Waals surface area contributed by atoms with E-state index in [4.69, 9.17) is 0 Å². The van der Waals surface area contributed by atoms with E-state index in [2.05, 4.69) is 93.9 Å². The molecule has 0 amide bonds. The predicted molar refractivity (Wildman–Crippen MR) is 149 cm³/mol. The normalized spacial score (nSPS) is 15.7. The molecule has 0 nitrogen and oxygen atoms in total. The van der Waals surface area contributed by atoms with E-state index in [1.54, 1.807) is 35.3 Å². The molecule has 0 aromatic heterocycles. The van der Waals surface area contributed by atoms with Crippen molar-refractivity contribution < 1.29 is 23.3 Å². The first-order valence-electron chi connectivity index (χ1n) is 12.0. The summed E-state index contributed by atoms with van der Waals surface area (Å²) in [6.45, 7) is 14.5. The van der Waals surface area contributed by atoms with Crippen molar-refractivity contribution in [3.8, 4) is 0 Å². The molecule has 0 atom stereocenters. The summed E-state index contributed by atoms with van der Waals surface area (Å²) < 4.78 is 0. The number of fused-ring (bicyclic) bond motifs is 3. The molecular weight excluding hydrogens is 512 g/mol. The molecule has 2 aliphatic rings. The van der Waals surface area contributed by atoms with Crippen molar-refractivity contribution in [2.45, 2.75) is 70.6 Å². The molecule has 1 saturated heterocycles. The molecule has 0 N–H and O–H groups in total. The van der Waals surface area contributed by atoms with Gasteiger partial charge in [0, 0.05) is 0 Å². The third-order valence-electron chi connectivity index (χ3n) is 6.23. The molecule has 32 heavy (non-hydrogen) atoms. The van der Waals surface area contributed by atoms with Gasteiger partial charge in [-0.3, -0.25) is 6.08 Å². The molecule has 0 saturated carbocycles.